The Labute approximate surface area is 122 Å². The molecule has 4 heteroatoms. The van der Waals surface area contributed by atoms with Gasteiger partial charge in [-0.1, -0.05) is 19.1 Å². The first-order valence-corrected chi connectivity index (χ1v) is 7.47. The van der Waals surface area contributed by atoms with Crippen LogP contribution in [0.4, 0.5) is 0 Å². The van der Waals surface area contributed by atoms with Crippen LogP contribution >= 0.6 is 0 Å². The molecule has 1 aromatic carbocycles. The summed E-state index contributed by atoms with van der Waals surface area (Å²) in [6, 6.07) is 8.61. The van der Waals surface area contributed by atoms with Crippen molar-refractivity contribution in [3.05, 3.63) is 29.8 Å². The minimum Gasteiger partial charge on any atom is -0.497 e. The summed E-state index contributed by atoms with van der Waals surface area (Å²) in [6.07, 6.45) is 1.02. The summed E-state index contributed by atoms with van der Waals surface area (Å²) in [6.45, 7) is 7.60. The molecule has 1 atom stereocenters. The number of hydrogen-bond acceptors (Lipinski definition) is 4. The quantitative estimate of drug-likeness (QED) is 0.857. The normalized spacial score (nSPS) is 18.9. The number of benzene rings is 1. The lowest BCUT2D eigenvalue weighted by atomic mass is 10.1. The van der Waals surface area contributed by atoms with Gasteiger partial charge in [-0.15, -0.1) is 0 Å². The smallest absolute Gasteiger partial charge is 0.119 e. The van der Waals surface area contributed by atoms with Crippen molar-refractivity contribution >= 4 is 0 Å². The van der Waals surface area contributed by atoms with Crippen LogP contribution in [0.25, 0.3) is 0 Å². The molecule has 1 heterocycles. The number of aliphatic hydroxyl groups excluding tert-OH is 1. The second-order valence-corrected chi connectivity index (χ2v) is 5.41. The number of nitrogens with zero attached hydrogens (tertiary/aromatic N) is 2. The van der Waals surface area contributed by atoms with E-state index in [9.17, 15) is 5.11 Å². The number of hydrogen-bond donors (Lipinski definition) is 1. The molecule has 1 saturated heterocycles. The molecule has 1 aromatic rings. The Bertz CT molecular complexity index is 399. The first-order valence-electron chi connectivity index (χ1n) is 7.47. The molecule has 20 heavy (non-hydrogen) atoms. The van der Waals surface area contributed by atoms with Gasteiger partial charge in [0.1, 0.15) is 5.75 Å². The van der Waals surface area contributed by atoms with Crippen molar-refractivity contribution < 1.29 is 9.84 Å². The monoisotopic (exact) mass is 278 g/mol. The van der Waals surface area contributed by atoms with Crippen molar-refractivity contribution in [2.24, 2.45) is 0 Å². The molecule has 0 aliphatic carbocycles. The Balaban J connectivity index is 1.84. The Morgan fingerprint density at radius 3 is 2.60 bits per heavy atom. The molecular formula is C16H26N2O2. The number of aliphatic hydroxyl groups is 1. The number of rotatable bonds is 6. The molecule has 0 amide bonds. The van der Waals surface area contributed by atoms with E-state index in [0.717, 1.165) is 44.9 Å². The first kappa shape index (κ1) is 15.3. The van der Waals surface area contributed by atoms with Gasteiger partial charge in [0.15, 0.2) is 0 Å². The second kappa shape index (κ2) is 7.62. The van der Waals surface area contributed by atoms with E-state index in [0.29, 0.717) is 6.04 Å². The van der Waals surface area contributed by atoms with Crippen molar-refractivity contribution in [1.82, 2.24) is 9.80 Å². The number of ether oxygens (including phenoxy) is 1. The van der Waals surface area contributed by atoms with Crippen molar-refractivity contribution in [3.63, 3.8) is 0 Å². The molecule has 1 aliphatic heterocycles. The van der Waals surface area contributed by atoms with Crippen molar-refractivity contribution in [2.45, 2.75) is 25.9 Å². The zero-order valence-electron chi connectivity index (χ0n) is 12.6. The van der Waals surface area contributed by atoms with E-state index < -0.39 is 0 Å². The Hall–Kier alpha value is -1.10. The lowest BCUT2D eigenvalue weighted by Gasteiger charge is -2.38. The molecule has 0 aromatic heterocycles. The summed E-state index contributed by atoms with van der Waals surface area (Å²) in [5, 5.41) is 9.37. The molecule has 4 nitrogen and oxygen atoms in total. The van der Waals surface area contributed by atoms with Crippen LogP contribution in [-0.2, 0) is 6.54 Å². The predicted octanol–water partition coefficient (Wildman–Crippen LogP) is 1.58. The predicted molar refractivity (Wildman–Crippen MR) is 81.0 cm³/mol. The zero-order valence-corrected chi connectivity index (χ0v) is 12.6. The second-order valence-electron chi connectivity index (χ2n) is 5.41. The van der Waals surface area contributed by atoms with Gasteiger partial charge in [0.25, 0.3) is 0 Å². The summed E-state index contributed by atoms with van der Waals surface area (Å²) in [5.41, 5.74) is 1.30. The highest BCUT2D eigenvalue weighted by molar-refractivity contribution is 5.28. The summed E-state index contributed by atoms with van der Waals surface area (Å²) >= 11 is 0. The Morgan fingerprint density at radius 2 is 2.00 bits per heavy atom. The molecule has 0 spiro atoms. The van der Waals surface area contributed by atoms with Gasteiger partial charge >= 0.3 is 0 Å². The van der Waals surface area contributed by atoms with E-state index in [2.05, 4.69) is 28.9 Å². The average molecular weight is 278 g/mol. The van der Waals surface area contributed by atoms with Gasteiger partial charge in [-0.2, -0.15) is 0 Å². The van der Waals surface area contributed by atoms with Crippen molar-refractivity contribution in [2.75, 3.05) is 39.9 Å². The molecular weight excluding hydrogens is 252 g/mol. The molecule has 112 valence electrons. The molecule has 0 bridgehead atoms. The maximum atomic E-state index is 9.37. The van der Waals surface area contributed by atoms with E-state index in [4.69, 9.17) is 4.74 Å². The van der Waals surface area contributed by atoms with Gasteiger partial charge < -0.3 is 9.84 Å². The van der Waals surface area contributed by atoms with Gasteiger partial charge in [-0.05, 0) is 24.1 Å². The third kappa shape index (κ3) is 3.95. The Morgan fingerprint density at radius 1 is 1.25 bits per heavy atom. The summed E-state index contributed by atoms with van der Waals surface area (Å²) in [5.74, 6) is 0.924. The molecule has 1 fully saturated rings. The number of methoxy groups -OCH3 is 1. The van der Waals surface area contributed by atoms with Crippen LogP contribution in [-0.4, -0.2) is 60.8 Å². The minimum absolute atomic E-state index is 0.270. The Kier molecular flexibility index (Phi) is 5.83. The van der Waals surface area contributed by atoms with Gasteiger partial charge in [0.2, 0.25) is 0 Å². The van der Waals surface area contributed by atoms with Crippen LogP contribution in [0, 0.1) is 0 Å². The molecule has 1 N–H and O–H groups in total. The standard InChI is InChI=1S/C16H26N2O2/c1-3-15(13-19)18-9-7-17(8-10-18)12-14-5-4-6-16(11-14)20-2/h4-6,11,15,19H,3,7-10,12-13H2,1-2H3. The fourth-order valence-corrected chi connectivity index (χ4v) is 2.82. The third-order valence-corrected chi connectivity index (χ3v) is 4.15. The molecule has 1 unspecified atom stereocenters. The van der Waals surface area contributed by atoms with Crippen LogP contribution < -0.4 is 4.74 Å². The lowest BCUT2D eigenvalue weighted by Crippen LogP contribution is -2.50. The first-order chi connectivity index (χ1) is 9.76. The van der Waals surface area contributed by atoms with Gasteiger partial charge in [0.05, 0.1) is 13.7 Å². The zero-order chi connectivity index (χ0) is 14.4. The molecule has 0 saturated carbocycles. The van der Waals surface area contributed by atoms with Crippen LogP contribution in [0.5, 0.6) is 5.75 Å². The maximum Gasteiger partial charge on any atom is 0.119 e. The topological polar surface area (TPSA) is 35.9 Å². The van der Waals surface area contributed by atoms with Crippen LogP contribution in [0.1, 0.15) is 18.9 Å². The number of piperazine rings is 1. The summed E-state index contributed by atoms with van der Waals surface area (Å²) in [7, 11) is 1.71. The van der Waals surface area contributed by atoms with E-state index in [1.165, 1.54) is 5.56 Å². The van der Waals surface area contributed by atoms with E-state index >= 15 is 0 Å². The van der Waals surface area contributed by atoms with Gasteiger partial charge in [-0.3, -0.25) is 9.80 Å². The van der Waals surface area contributed by atoms with E-state index in [1.807, 2.05) is 12.1 Å². The molecule has 2 rings (SSSR count). The van der Waals surface area contributed by atoms with Crippen LogP contribution in [0.2, 0.25) is 0 Å². The van der Waals surface area contributed by atoms with Gasteiger partial charge in [-0.25, -0.2) is 0 Å². The summed E-state index contributed by atoms with van der Waals surface area (Å²) < 4.78 is 5.27. The van der Waals surface area contributed by atoms with E-state index in [-0.39, 0.29) is 6.61 Å². The largest absolute Gasteiger partial charge is 0.497 e. The third-order valence-electron chi connectivity index (χ3n) is 4.15. The van der Waals surface area contributed by atoms with Crippen LogP contribution in [0.15, 0.2) is 24.3 Å². The highest BCUT2D eigenvalue weighted by Gasteiger charge is 2.22. The van der Waals surface area contributed by atoms with Crippen molar-refractivity contribution in [1.29, 1.82) is 0 Å². The highest BCUT2D eigenvalue weighted by Crippen LogP contribution is 2.16. The fourth-order valence-electron chi connectivity index (χ4n) is 2.82. The lowest BCUT2D eigenvalue weighted by molar-refractivity contribution is 0.0608. The van der Waals surface area contributed by atoms with E-state index in [1.54, 1.807) is 7.11 Å². The minimum atomic E-state index is 0.270. The van der Waals surface area contributed by atoms with Crippen molar-refractivity contribution in [3.8, 4) is 5.75 Å². The molecule has 0 radical (unpaired) electrons. The average Bonchev–Trinajstić information content (AvgIpc) is 2.50. The maximum absolute atomic E-state index is 9.37. The molecule has 1 aliphatic rings. The fraction of sp³-hybridized carbons (Fsp3) is 0.625. The highest BCUT2D eigenvalue weighted by atomic mass is 16.5. The van der Waals surface area contributed by atoms with Gasteiger partial charge in [0, 0.05) is 38.8 Å². The summed E-state index contributed by atoms with van der Waals surface area (Å²) in [4.78, 5) is 4.87. The SMILES string of the molecule is CCC(CO)N1CCN(Cc2cccc(OC)c2)CC1. The van der Waals surface area contributed by atoms with Crippen LogP contribution in [0.3, 0.4) is 0 Å².